The second kappa shape index (κ2) is 31.0. The highest BCUT2D eigenvalue weighted by Gasteiger charge is 2.99. The number of anilines is 2. The second-order valence-corrected chi connectivity index (χ2v) is 24.5. The molecule has 0 atom stereocenters. The van der Waals surface area contributed by atoms with Gasteiger partial charge >= 0.3 is 149 Å². The smallest absolute Gasteiger partial charge is 0.460 e. The number of alkyl halides is 51. The lowest BCUT2D eigenvalue weighted by molar-refractivity contribution is -0.461. The molecule has 0 fully saturated rings. The predicted molar refractivity (Wildman–Crippen MR) is 278 cm³/mol. The fraction of sp³-hybridized carbons (Fsp3) is 0.673. The highest BCUT2D eigenvalue weighted by molar-refractivity contribution is 6.07. The molecule has 0 radical (unpaired) electrons. The molecule has 3 aromatic rings. The van der Waals surface area contributed by atoms with Gasteiger partial charge in [-0.05, 0) is 76.4 Å². The number of amides is 2. The van der Waals surface area contributed by atoms with Crippen LogP contribution in [0.25, 0.3) is 11.4 Å². The number of hydrogen-bond donors (Lipinski definition) is 2. The molecule has 0 unspecified atom stereocenters. The van der Waals surface area contributed by atoms with E-state index < -0.39 is 264 Å². The first-order valence-corrected chi connectivity index (χ1v) is 29.3. The van der Waals surface area contributed by atoms with Crippen LogP contribution >= 0.6 is 0 Å². The maximum Gasteiger partial charge on any atom is 0.460 e. The Labute approximate surface area is 607 Å². The van der Waals surface area contributed by atoms with Crippen molar-refractivity contribution in [2.45, 2.75) is 208 Å². The number of nitrogens with zero attached hydrogens (tertiary/aromatic N) is 2. The fourth-order valence-electron chi connectivity index (χ4n) is 8.54. The van der Waals surface area contributed by atoms with Crippen LogP contribution in [-0.4, -0.2) is 190 Å². The van der Waals surface area contributed by atoms with Crippen molar-refractivity contribution in [3.05, 3.63) is 54.4 Å². The molecule has 0 bridgehead atoms. The molecular weight excluding hydrogens is 1780 g/mol. The second-order valence-electron chi connectivity index (χ2n) is 24.5. The predicted octanol–water partition coefficient (Wildman–Crippen LogP) is 23.2. The van der Waals surface area contributed by atoms with Crippen LogP contribution in [0.4, 0.5) is 240 Å². The lowest BCUT2D eigenvalue weighted by Crippen LogP contribution is -2.74. The average molecular weight is 1820 g/mol. The zero-order chi connectivity index (χ0) is 92.0. The van der Waals surface area contributed by atoms with Crippen LogP contribution < -0.4 is 24.8 Å². The molecule has 2 amide bonds. The van der Waals surface area contributed by atoms with Crippen LogP contribution in [0.2, 0.25) is 0 Å². The van der Waals surface area contributed by atoms with Crippen LogP contribution in [0.5, 0.6) is 17.2 Å². The Balaban J connectivity index is 2.44. The van der Waals surface area contributed by atoms with E-state index in [0.717, 1.165) is 30.6 Å². The summed E-state index contributed by atoms with van der Waals surface area (Å²) in [6.07, 6.45) is -43.3. The summed E-state index contributed by atoms with van der Waals surface area (Å²) >= 11 is 0. The largest absolute Gasteiger partial charge is 0.490 e. The van der Waals surface area contributed by atoms with Crippen molar-refractivity contribution in [3.63, 3.8) is 0 Å². The van der Waals surface area contributed by atoms with Gasteiger partial charge in [-0.2, -0.15) is 224 Å². The van der Waals surface area contributed by atoms with Gasteiger partial charge in [0.1, 0.15) is 17.0 Å². The Morgan fingerprint density at radius 3 is 0.776 bits per heavy atom. The Kier molecular flexibility index (Phi) is 27.4. The van der Waals surface area contributed by atoms with Crippen molar-refractivity contribution in [3.8, 4) is 28.6 Å². The minimum Gasteiger partial charge on any atom is -0.490 e. The minimum atomic E-state index is -9.30. The average Bonchev–Trinajstić information content (AvgIpc) is 0.704. The van der Waals surface area contributed by atoms with Crippen LogP contribution in [0, 0.1) is 0 Å². The topological polar surface area (TPSA) is 121 Å². The molecule has 3 rings (SSSR count). The molecular formula is C55H37F51N4O6. The Morgan fingerprint density at radius 2 is 0.534 bits per heavy atom. The summed E-state index contributed by atoms with van der Waals surface area (Å²) in [5.74, 6) is -193. The molecule has 2 aromatic heterocycles. The summed E-state index contributed by atoms with van der Waals surface area (Å²) in [6, 6.07) is 2.83. The first kappa shape index (κ1) is 102. The summed E-state index contributed by atoms with van der Waals surface area (Å²) in [4.78, 5) is 34.5. The monoisotopic (exact) mass is 1820 g/mol. The Bertz CT molecular complexity index is 3810. The summed E-state index contributed by atoms with van der Waals surface area (Å²) in [5.41, 5.74) is -5.80. The van der Waals surface area contributed by atoms with E-state index in [2.05, 4.69) is 29.5 Å². The van der Waals surface area contributed by atoms with E-state index in [0.29, 0.717) is 6.07 Å². The number of halogens is 51. The molecule has 0 aliphatic heterocycles. The Morgan fingerprint density at radius 1 is 0.310 bits per heavy atom. The molecule has 2 N–H and O–H groups in total. The third-order valence-electron chi connectivity index (χ3n) is 15.0. The van der Waals surface area contributed by atoms with E-state index in [1.165, 1.54) is 20.8 Å². The number of rotatable bonds is 37. The number of nitrogens with one attached hydrogen (secondary N) is 2. The minimum absolute atomic E-state index is 0.311. The van der Waals surface area contributed by atoms with Gasteiger partial charge in [-0.3, -0.25) is 20.1 Å². The molecule has 0 spiro atoms. The molecule has 0 aliphatic carbocycles. The van der Waals surface area contributed by atoms with Gasteiger partial charge in [0.05, 0.1) is 31.2 Å². The number of carbonyl (C=O) groups excluding carboxylic acids is 2. The number of benzene rings is 1. The van der Waals surface area contributed by atoms with Gasteiger partial charge in [0.15, 0.2) is 11.5 Å². The van der Waals surface area contributed by atoms with E-state index in [1.807, 2.05) is 0 Å². The van der Waals surface area contributed by atoms with Gasteiger partial charge in [-0.25, -0.2) is 4.79 Å². The molecule has 116 heavy (non-hydrogen) atoms. The molecule has 0 saturated carbocycles. The van der Waals surface area contributed by atoms with Gasteiger partial charge in [0, 0.05) is 37.2 Å². The highest BCUT2D eigenvalue weighted by atomic mass is 19.5. The lowest BCUT2D eigenvalue weighted by Gasteiger charge is -2.42. The molecule has 10 nitrogen and oxygen atoms in total. The van der Waals surface area contributed by atoms with Crippen molar-refractivity contribution in [1.82, 2.24) is 9.97 Å². The highest BCUT2D eigenvalue weighted by Crippen LogP contribution is 2.69. The number of aromatic nitrogens is 2. The summed E-state index contributed by atoms with van der Waals surface area (Å²) < 4.78 is 735. The van der Waals surface area contributed by atoms with E-state index in [1.54, 1.807) is 5.32 Å². The quantitative estimate of drug-likeness (QED) is 0.0433. The van der Waals surface area contributed by atoms with Crippen molar-refractivity contribution in [2.75, 3.05) is 30.5 Å². The third kappa shape index (κ3) is 16.8. The maximum absolute atomic E-state index is 15.1. The van der Waals surface area contributed by atoms with Crippen molar-refractivity contribution in [2.24, 2.45) is 0 Å². The molecule has 1 aromatic carbocycles. The van der Waals surface area contributed by atoms with E-state index in [9.17, 15) is 207 Å². The summed E-state index contributed by atoms with van der Waals surface area (Å²) in [6.45, 7) is -3.68. The first-order chi connectivity index (χ1) is 50.9. The fourth-order valence-corrected chi connectivity index (χ4v) is 8.54. The summed E-state index contributed by atoms with van der Waals surface area (Å²) in [5, 5.41) is 3.88. The van der Waals surface area contributed by atoms with Gasteiger partial charge in [0.25, 0.3) is 5.91 Å². The van der Waals surface area contributed by atoms with Crippen molar-refractivity contribution < 1.29 is 252 Å². The van der Waals surface area contributed by atoms with Crippen molar-refractivity contribution >= 4 is 23.4 Å². The molecule has 2 heterocycles. The van der Waals surface area contributed by atoms with Crippen LogP contribution in [0.15, 0.2) is 48.8 Å². The zero-order valence-electron chi connectivity index (χ0n) is 55.1. The third-order valence-corrected chi connectivity index (χ3v) is 15.0. The van der Waals surface area contributed by atoms with Crippen molar-refractivity contribution in [1.29, 1.82) is 0 Å². The van der Waals surface area contributed by atoms with Crippen LogP contribution in [0.3, 0.4) is 0 Å². The molecule has 0 saturated heterocycles. The molecule has 0 aliphatic rings. The van der Waals surface area contributed by atoms with E-state index in [4.69, 9.17) is 4.74 Å². The van der Waals surface area contributed by atoms with Gasteiger partial charge < -0.3 is 24.3 Å². The Hall–Kier alpha value is -7.91. The van der Waals surface area contributed by atoms with Crippen LogP contribution in [0.1, 0.15) is 69.7 Å². The maximum atomic E-state index is 15.1. The SMILES string of the molecule is CC(C)(C)OC(=O)Nc1cccnc1-c1ncccc1NC(=O)c1cc(OCCCC(F)(F)C(F)(F)C(F)(F)C(F)(F)C(F)(F)C(F)(F)C(F)(F)C(F)(F)F)c(OCCCC(F)(F)C(F)(F)C(F)(F)C(F)(F)C(F)(F)C(F)(F)C(F)(F)C(F)(F)F)c(OCCCC(F)(F)C(F)(F)C(F)(F)C(F)(F)C(F)(F)C(F)(F)C(F)(F)C(F)(F)F)c1. The number of carbonyl (C=O) groups is 2. The number of hydrogen-bond acceptors (Lipinski definition) is 8. The number of ether oxygens (including phenoxy) is 4. The van der Waals surface area contributed by atoms with Gasteiger partial charge in [-0.1, -0.05) is 0 Å². The first-order valence-electron chi connectivity index (χ1n) is 29.3. The summed E-state index contributed by atoms with van der Waals surface area (Å²) in [7, 11) is 0. The molecule has 61 heteroatoms. The zero-order valence-corrected chi connectivity index (χ0v) is 55.1. The normalized spacial score (nSPS) is 15.4. The van der Waals surface area contributed by atoms with Crippen LogP contribution in [-0.2, 0) is 4.74 Å². The standard InChI is InChI=1S/C55H37F51N4O6/c1-31(2,3)116-30(112)110-23-10-5-15-108-27(23)26-22(9-4-14-107-26)109-29(111)21-19-24(113-16-6-11-32(56,57)35(62,63)38(68,69)41(74,75)44(80,81)47(86,87)50(92,93)53(98,99)100)28(115-18-8-13-34(60,61)37(66,67)40(72,73)43(78,79)46(84,85)49(90,91)52(96,97)55(104,105)106)25(20-21)114-17-7-12-33(58,59)36(64,65)39(70,71)42(76,77)45(82,83)48(88,89)51(94,95)54(101,102)103/h4-5,9-10,14-15,19-20H,6-8,11-13,16-18H2,1-3H3,(H,109,111)(H,110,112). The number of pyridine rings is 2. The van der Waals surface area contributed by atoms with Gasteiger partial charge in [-0.15, -0.1) is 0 Å². The molecule has 670 valence electrons. The van der Waals surface area contributed by atoms with E-state index in [-0.39, 0.29) is 12.1 Å². The lowest BCUT2D eigenvalue weighted by atomic mass is 9.88. The van der Waals surface area contributed by atoms with Gasteiger partial charge in [0.2, 0.25) is 5.75 Å². The van der Waals surface area contributed by atoms with E-state index >= 15 is 26.3 Å².